The molecule has 114 valence electrons. The number of aromatic carboxylic acids is 1. The summed E-state index contributed by atoms with van der Waals surface area (Å²) in [7, 11) is 0. The minimum Gasteiger partial charge on any atom is -0.477 e. The lowest BCUT2D eigenvalue weighted by Gasteiger charge is -1.97. The molecule has 0 saturated carbocycles. The number of carboxylic acids is 1. The molecule has 0 unspecified atom stereocenters. The summed E-state index contributed by atoms with van der Waals surface area (Å²) in [5, 5.41) is 22.9. The first-order valence-electron chi connectivity index (χ1n) is 6.18. The minimum absolute atomic E-state index is 0.0891. The molecule has 2 N–H and O–H groups in total. The molecule has 3 rings (SSSR count). The van der Waals surface area contributed by atoms with Crippen molar-refractivity contribution in [2.24, 2.45) is 0 Å². The quantitative estimate of drug-likeness (QED) is 0.736. The Balaban J connectivity index is 1.84. The third kappa shape index (κ3) is 3.14. The minimum atomic E-state index is -1.07. The van der Waals surface area contributed by atoms with Crippen molar-refractivity contribution >= 4 is 51.0 Å². The third-order valence-electron chi connectivity index (χ3n) is 2.74. The van der Waals surface area contributed by atoms with Crippen LogP contribution >= 0.6 is 34.0 Å². The fourth-order valence-corrected chi connectivity index (χ4v) is 4.06. The van der Waals surface area contributed by atoms with Gasteiger partial charge in [0.25, 0.3) is 5.91 Å². The highest BCUT2D eigenvalue weighted by Gasteiger charge is 2.18. The maximum atomic E-state index is 12.1. The molecular formula is C14H7N3O3S3. The van der Waals surface area contributed by atoms with Crippen LogP contribution in [0.2, 0.25) is 0 Å². The molecule has 0 bridgehead atoms. The van der Waals surface area contributed by atoms with E-state index in [9.17, 15) is 14.9 Å². The number of nitrogens with one attached hydrogen (secondary N) is 1. The Kier molecular flexibility index (Phi) is 4.20. The van der Waals surface area contributed by atoms with Crippen LogP contribution in [0.15, 0.2) is 29.6 Å². The highest BCUT2D eigenvalue weighted by molar-refractivity contribution is 7.18. The van der Waals surface area contributed by atoms with Crippen LogP contribution in [0.3, 0.4) is 0 Å². The van der Waals surface area contributed by atoms with Crippen LogP contribution in [-0.2, 0) is 0 Å². The zero-order valence-electron chi connectivity index (χ0n) is 11.3. The van der Waals surface area contributed by atoms with Crippen molar-refractivity contribution in [2.75, 3.05) is 5.32 Å². The number of nitrogens with zero attached hydrogens (tertiary/aromatic N) is 2. The number of thiophene rings is 2. The predicted molar refractivity (Wildman–Crippen MR) is 89.4 cm³/mol. The van der Waals surface area contributed by atoms with Gasteiger partial charge in [-0.3, -0.25) is 10.1 Å². The van der Waals surface area contributed by atoms with Crippen LogP contribution in [-0.4, -0.2) is 22.0 Å². The molecule has 6 nitrogen and oxygen atoms in total. The van der Waals surface area contributed by atoms with Crippen LogP contribution in [0.25, 0.3) is 10.6 Å². The molecule has 0 aliphatic heterocycles. The van der Waals surface area contributed by atoms with Crippen LogP contribution < -0.4 is 5.32 Å². The van der Waals surface area contributed by atoms with Crippen molar-refractivity contribution in [3.63, 3.8) is 0 Å². The van der Waals surface area contributed by atoms with Gasteiger partial charge in [-0.2, -0.15) is 5.26 Å². The van der Waals surface area contributed by atoms with E-state index < -0.39 is 11.9 Å². The smallest absolute Gasteiger partial charge is 0.345 e. The van der Waals surface area contributed by atoms with Gasteiger partial charge in [0.15, 0.2) is 5.13 Å². The molecular weight excluding hydrogens is 354 g/mol. The molecule has 0 aliphatic carbocycles. The Morgan fingerprint density at radius 3 is 2.61 bits per heavy atom. The summed E-state index contributed by atoms with van der Waals surface area (Å²) in [6.45, 7) is 0. The lowest BCUT2D eigenvalue weighted by Crippen LogP contribution is -2.09. The van der Waals surface area contributed by atoms with Crippen molar-refractivity contribution in [1.82, 2.24) is 4.98 Å². The molecule has 0 aromatic carbocycles. The van der Waals surface area contributed by atoms with Crippen molar-refractivity contribution < 1.29 is 14.7 Å². The summed E-state index contributed by atoms with van der Waals surface area (Å²) < 4.78 is 0. The number of thiazole rings is 1. The number of nitriles is 1. The average Bonchev–Trinajstić information content (AvgIpc) is 3.26. The molecule has 3 aromatic heterocycles. The Morgan fingerprint density at radius 2 is 2.00 bits per heavy atom. The van der Waals surface area contributed by atoms with E-state index in [0.717, 1.165) is 27.6 Å². The molecule has 0 radical (unpaired) electrons. The molecule has 3 aromatic rings. The fourth-order valence-electron chi connectivity index (χ4n) is 1.76. The zero-order chi connectivity index (χ0) is 16.4. The van der Waals surface area contributed by atoms with Gasteiger partial charge in [-0.15, -0.1) is 22.7 Å². The molecule has 0 aliphatic rings. The van der Waals surface area contributed by atoms with Gasteiger partial charge in [-0.1, -0.05) is 17.4 Å². The fraction of sp³-hybridized carbons (Fsp3) is 0. The number of anilines is 1. The van der Waals surface area contributed by atoms with Crippen LogP contribution in [0.1, 0.15) is 24.2 Å². The van der Waals surface area contributed by atoms with Gasteiger partial charge in [0.05, 0.1) is 9.75 Å². The topological polar surface area (TPSA) is 103 Å². The highest BCUT2D eigenvalue weighted by atomic mass is 32.1. The van der Waals surface area contributed by atoms with Gasteiger partial charge < -0.3 is 5.11 Å². The third-order valence-corrected chi connectivity index (χ3v) is 5.57. The molecule has 1 amide bonds. The predicted octanol–water partition coefficient (Wildman–Crippen LogP) is 3.76. The molecule has 3 heterocycles. The first-order chi connectivity index (χ1) is 11.1. The first kappa shape index (κ1) is 15.4. The monoisotopic (exact) mass is 361 g/mol. The van der Waals surface area contributed by atoms with Crippen LogP contribution in [0.4, 0.5) is 5.13 Å². The molecule has 9 heteroatoms. The summed E-state index contributed by atoms with van der Waals surface area (Å²) in [5.74, 6) is -1.52. The second kappa shape index (κ2) is 6.29. The Morgan fingerprint density at radius 1 is 1.22 bits per heavy atom. The van der Waals surface area contributed by atoms with E-state index in [1.54, 1.807) is 0 Å². The Hall–Kier alpha value is -2.54. The molecule has 0 fully saturated rings. The van der Waals surface area contributed by atoms with E-state index in [1.165, 1.54) is 23.5 Å². The summed E-state index contributed by atoms with van der Waals surface area (Å²) in [4.78, 5) is 28.9. The number of aromatic nitrogens is 1. The largest absolute Gasteiger partial charge is 0.477 e. The lowest BCUT2D eigenvalue weighted by molar-refractivity contribution is 0.0702. The molecule has 0 spiro atoms. The summed E-state index contributed by atoms with van der Waals surface area (Å²) >= 11 is 3.43. The SMILES string of the molecule is N#Cc1sc(NC(=O)c2ccc(C(=O)O)s2)nc1-c1cccs1. The van der Waals surface area contributed by atoms with E-state index in [2.05, 4.69) is 16.4 Å². The normalized spacial score (nSPS) is 10.2. The van der Waals surface area contributed by atoms with Crippen molar-refractivity contribution in [1.29, 1.82) is 5.26 Å². The molecule has 23 heavy (non-hydrogen) atoms. The van der Waals surface area contributed by atoms with Gasteiger partial charge in [0.2, 0.25) is 0 Å². The number of rotatable bonds is 4. The zero-order valence-corrected chi connectivity index (χ0v) is 13.7. The van der Waals surface area contributed by atoms with E-state index >= 15 is 0 Å². The van der Waals surface area contributed by atoms with Gasteiger partial charge >= 0.3 is 5.97 Å². The Bertz CT molecular complexity index is 919. The highest BCUT2D eigenvalue weighted by Crippen LogP contribution is 2.33. The standard InChI is InChI=1S/C14H7N3O3S3/c15-6-10-11(7-2-1-5-21-7)16-14(23-10)17-12(18)8-3-4-9(22-8)13(19)20/h1-5H,(H,19,20)(H,16,17,18). The van der Waals surface area contributed by atoms with Gasteiger partial charge in [-0.25, -0.2) is 9.78 Å². The number of hydrogen-bond donors (Lipinski definition) is 2. The van der Waals surface area contributed by atoms with Gasteiger partial charge in [0.1, 0.15) is 21.5 Å². The number of carbonyl (C=O) groups is 2. The van der Waals surface area contributed by atoms with Crippen LogP contribution in [0, 0.1) is 11.3 Å². The first-order valence-corrected chi connectivity index (χ1v) is 8.69. The number of carbonyl (C=O) groups excluding carboxylic acids is 1. The summed E-state index contributed by atoms with van der Waals surface area (Å²) in [6.07, 6.45) is 0. The van der Waals surface area contributed by atoms with Crippen molar-refractivity contribution in [2.45, 2.75) is 0 Å². The molecule has 0 atom stereocenters. The van der Waals surface area contributed by atoms with Gasteiger partial charge in [0, 0.05) is 0 Å². The molecule has 0 saturated heterocycles. The second-order valence-corrected chi connectivity index (χ2v) is 7.24. The average molecular weight is 361 g/mol. The number of hydrogen-bond acceptors (Lipinski definition) is 7. The Labute approximate surface area is 142 Å². The summed E-state index contributed by atoms with van der Waals surface area (Å²) in [5.41, 5.74) is 0.542. The van der Waals surface area contributed by atoms with E-state index in [1.807, 2.05) is 17.5 Å². The van der Waals surface area contributed by atoms with Crippen LogP contribution in [0.5, 0.6) is 0 Å². The maximum absolute atomic E-state index is 12.1. The van der Waals surface area contributed by atoms with E-state index in [-0.39, 0.29) is 9.75 Å². The van der Waals surface area contributed by atoms with Crippen molar-refractivity contribution in [3.8, 4) is 16.6 Å². The van der Waals surface area contributed by atoms with E-state index in [0.29, 0.717) is 15.7 Å². The lowest BCUT2D eigenvalue weighted by atomic mass is 10.3. The number of carboxylic acid groups (broad SMARTS) is 1. The van der Waals surface area contributed by atoms with Gasteiger partial charge in [-0.05, 0) is 23.6 Å². The van der Waals surface area contributed by atoms with Crippen molar-refractivity contribution in [3.05, 3.63) is 44.3 Å². The van der Waals surface area contributed by atoms with E-state index in [4.69, 9.17) is 5.11 Å². The maximum Gasteiger partial charge on any atom is 0.345 e. The second-order valence-electron chi connectivity index (χ2n) is 4.21. The number of amides is 1. The summed E-state index contributed by atoms with van der Waals surface area (Å²) in [6, 6.07) is 8.61.